The smallest absolute Gasteiger partial charge is 0.321 e. The highest BCUT2D eigenvalue weighted by molar-refractivity contribution is 5.73. The van der Waals surface area contributed by atoms with Gasteiger partial charge >= 0.3 is 5.97 Å². The molecule has 0 heterocycles. The zero-order valence-corrected chi connectivity index (χ0v) is 11.5. The first-order valence-corrected chi connectivity index (χ1v) is 6.71. The zero-order valence-electron chi connectivity index (χ0n) is 11.5. The maximum Gasteiger partial charge on any atom is 0.321 e. The van der Waals surface area contributed by atoms with E-state index in [1.165, 1.54) is 5.56 Å². The first kappa shape index (κ1) is 14.3. The van der Waals surface area contributed by atoms with Gasteiger partial charge in [-0.25, -0.2) is 0 Å². The van der Waals surface area contributed by atoms with Gasteiger partial charge in [0, 0.05) is 6.54 Å². The summed E-state index contributed by atoms with van der Waals surface area (Å²) >= 11 is 0. The number of nitrogens with one attached hydrogen (secondary N) is 1. The predicted molar refractivity (Wildman–Crippen MR) is 79.6 cm³/mol. The van der Waals surface area contributed by atoms with Crippen molar-refractivity contribution in [2.24, 2.45) is 0 Å². The molecule has 0 radical (unpaired) electrons. The Kier molecular flexibility index (Phi) is 4.91. The molecule has 3 nitrogen and oxygen atoms in total. The van der Waals surface area contributed by atoms with Gasteiger partial charge in [0.15, 0.2) is 0 Å². The number of rotatable bonds is 6. The SMILES string of the molecule is Cc1ccc(CNC(Cc2ccccc2)C(=O)O)cc1. The lowest BCUT2D eigenvalue weighted by atomic mass is 10.1. The quantitative estimate of drug-likeness (QED) is 0.847. The molecule has 0 aliphatic carbocycles. The van der Waals surface area contributed by atoms with Gasteiger partial charge in [-0.15, -0.1) is 0 Å². The van der Waals surface area contributed by atoms with Crippen molar-refractivity contribution < 1.29 is 9.90 Å². The molecule has 104 valence electrons. The van der Waals surface area contributed by atoms with E-state index in [9.17, 15) is 9.90 Å². The molecule has 0 saturated heterocycles. The summed E-state index contributed by atoms with van der Waals surface area (Å²) in [6.07, 6.45) is 0.488. The number of carbonyl (C=O) groups is 1. The van der Waals surface area contributed by atoms with Crippen LogP contribution < -0.4 is 5.32 Å². The normalized spacial score (nSPS) is 12.1. The molecule has 0 aliphatic heterocycles. The van der Waals surface area contributed by atoms with Gasteiger partial charge in [0.05, 0.1) is 0 Å². The minimum Gasteiger partial charge on any atom is -0.480 e. The Labute approximate surface area is 119 Å². The summed E-state index contributed by atoms with van der Waals surface area (Å²) < 4.78 is 0. The summed E-state index contributed by atoms with van der Waals surface area (Å²) in [6, 6.07) is 17.2. The van der Waals surface area contributed by atoms with E-state index in [4.69, 9.17) is 0 Å². The van der Waals surface area contributed by atoms with Gasteiger partial charge in [-0.3, -0.25) is 4.79 Å². The standard InChI is InChI=1S/C17H19NO2/c1-13-7-9-15(10-8-13)12-18-16(17(19)20)11-14-5-3-2-4-6-14/h2-10,16,18H,11-12H2,1H3,(H,19,20). The van der Waals surface area contributed by atoms with Crippen LogP contribution in [0.3, 0.4) is 0 Å². The molecular weight excluding hydrogens is 250 g/mol. The van der Waals surface area contributed by atoms with E-state index >= 15 is 0 Å². The lowest BCUT2D eigenvalue weighted by Gasteiger charge is -2.14. The number of hydrogen-bond acceptors (Lipinski definition) is 2. The van der Waals surface area contributed by atoms with Crippen molar-refractivity contribution in [1.29, 1.82) is 0 Å². The number of aliphatic carboxylic acids is 1. The first-order valence-electron chi connectivity index (χ1n) is 6.71. The maximum atomic E-state index is 11.3. The molecule has 2 aromatic rings. The predicted octanol–water partition coefficient (Wildman–Crippen LogP) is 2.78. The molecular formula is C17H19NO2. The molecule has 20 heavy (non-hydrogen) atoms. The van der Waals surface area contributed by atoms with Gasteiger partial charge in [0.2, 0.25) is 0 Å². The van der Waals surface area contributed by atoms with E-state index in [0.29, 0.717) is 13.0 Å². The van der Waals surface area contributed by atoms with Crippen LogP contribution in [0.2, 0.25) is 0 Å². The topological polar surface area (TPSA) is 49.3 Å². The molecule has 0 bridgehead atoms. The molecule has 2 rings (SSSR count). The monoisotopic (exact) mass is 269 g/mol. The summed E-state index contributed by atoms with van der Waals surface area (Å²) in [5.41, 5.74) is 3.32. The second-order valence-corrected chi connectivity index (χ2v) is 4.95. The van der Waals surface area contributed by atoms with Crippen LogP contribution in [0.15, 0.2) is 54.6 Å². The first-order chi connectivity index (χ1) is 9.65. The second-order valence-electron chi connectivity index (χ2n) is 4.95. The van der Waals surface area contributed by atoms with Crippen molar-refractivity contribution in [3.8, 4) is 0 Å². The minimum atomic E-state index is -0.819. The number of carboxylic acids is 1. The van der Waals surface area contributed by atoms with Crippen LogP contribution in [0.1, 0.15) is 16.7 Å². The fourth-order valence-electron chi connectivity index (χ4n) is 2.04. The van der Waals surface area contributed by atoms with Crippen LogP contribution in [0.5, 0.6) is 0 Å². The number of hydrogen-bond donors (Lipinski definition) is 2. The average Bonchev–Trinajstić information content (AvgIpc) is 2.46. The highest BCUT2D eigenvalue weighted by Crippen LogP contribution is 2.06. The largest absolute Gasteiger partial charge is 0.480 e. The van der Waals surface area contributed by atoms with Crippen LogP contribution in [-0.2, 0) is 17.8 Å². The molecule has 3 heteroatoms. The van der Waals surface area contributed by atoms with E-state index in [0.717, 1.165) is 11.1 Å². The number of benzene rings is 2. The number of carboxylic acid groups (broad SMARTS) is 1. The highest BCUT2D eigenvalue weighted by atomic mass is 16.4. The Bertz CT molecular complexity index is 549. The molecule has 0 amide bonds. The second kappa shape index (κ2) is 6.87. The van der Waals surface area contributed by atoms with Crippen molar-refractivity contribution >= 4 is 5.97 Å². The maximum absolute atomic E-state index is 11.3. The lowest BCUT2D eigenvalue weighted by molar-refractivity contribution is -0.139. The van der Waals surface area contributed by atoms with Crippen molar-refractivity contribution in [2.75, 3.05) is 0 Å². The van der Waals surface area contributed by atoms with Crippen LogP contribution in [0, 0.1) is 6.92 Å². The molecule has 0 aliphatic rings. The molecule has 2 N–H and O–H groups in total. The molecule has 1 atom stereocenters. The fraction of sp³-hybridized carbons (Fsp3) is 0.235. The van der Waals surface area contributed by atoms with Crippen LogP contribution >= 0.6 is 0 Å². The van der Waals surface area contributed by atoms with Gasteiger partial charge in [-0.2, -0.15) is 0 Å². The van der Waals surface area contributed by atoms with Gasteiger partial charge in [0.1, 0.15) is 6.04 Å². The molecule has 0 fully saturated rings. The Hall–Kier alpha value is -2.13. The molecule has 0 spiro atoms. The van der Waals surface area contributed by atoms with E-state index in [1.807, 2.05) is 61.5 Å². The Morgan fingerprint density at radius 3 is 2.30 bits per heavy atom. The summed E-state index contributed by atoms with van der Waals surface area (Å²) in [5, 5.41) is 12.4. The third kappa shape index (κ3) is 4.21. The molecule has 1 unspecified atom stereocenters. The van der Waals surface area contributed by atoms with Crippen LogP contribution in [-0.4, -0.2) is 17.1 Å². The van der Waals surface area contributed by atoms with E-state index in [1.54, 1.807) is 0 Å². The Morgan fingerprint density at radius 2 is 1.70 bits per heavy atom. The highest BCUT2D eigenvalue weighted by Gasteiger charge is 2.16. The van der Waals surface area contributed by atoms with E-state index < -0.39 is 12.0 Å². The summed E-state index contributed by atoms with van der Waals surface area (Å²) in [4.78, 5) is 11.3. The van der Waals surface area contributed by atoms with Gasteiger partial charge < -0.3 is 10.4 Å². The minimum absolute atomic E-state index is 0.488. The van der Waals surface area contributed by atoms with E-state index in [2.05, 4.69) is 5.32 Å². The Morgan fingerprint density at radius 1 is 1.05 bits per heavy atom. The summed E-state index contributed by atoms with van der Waals surface area (Å²) in [5.74, 6) is -0.819. The summed E-state index contributed by atoms with van der Waals surface area (Å²) in [6.45, 7) is 2.59. The van der Waals surface area contributed by atoms with Crippen LogP contribution in [0.4, 0.5) is 0 Å². The van der Waals surface area contributed by atoms with Gasteiger partial charge in [-0.05, 0) is 24.5 Å². The van der Waals surface area contributed by atoms with Crippen molar-refractivity contribution in [1.82, 2.24) is 5.32 Å². The molecule has 2 aromatic carbocycles. The van der Waals surface area contributed by atoms with E-state index in [-0.39, 0.29) is 0 Å². The van der Waals surface area contributed by atoms with Crippen LogP contribution in [0.25, 0.3) is 0 Å². The van der Waals surface area contributed by atoms with Gasteiger partial charge in [0.25, 0.3) is 0 Å². The zero-order chi connectivity index (χ0) is 14.4. The number of aryl methyl sites for hydroxylation is 1. The third-order valence-corrected chi connectivity index (χ3v) is 3.25. The van der Waals surface area contributed by atoms with Crippen molar-refractivity contribution in [3.63, 3.8) is 0 Å². The third-order valence-electron chi connectivity index (χ3n) is 3.25. The fourth-order valence-corrected chi connectivity index (χ4v) is 2.04. The van der Waals surface area contributed by atoms with Crippen molar-refractivity contribution in [2.45, 2.75) is 25.9 Å². The van der Waals surface area contributed by atoms with Gasteiger partial charge in [-0.1, -0.05) is 60.2 Å². The molecule has 0 saturated carbocycles. The van der Waals surface area contributed by atoms with Crippen molar-refractivity contribution in [3.05, 3.63) is 71.3 Å². The lowest BCUT2D eigenvalue weighted by Crippen LogP contribution is -2.38. The average molecular weight is 269 g/mol. The summed E-state index contributed by atoms with van der Waals surface area (Å²) in [7, 11) is 0. The Balaban J connectivity index is 1.96. The molecule has 0 aromatic heterocycles.